The lowest BCUT2D eigenvalue weighted by atomic mass is 9.97. The fraction of sp³-hybridized carbons (Fsp3) is 0.333. The Morgan fingerprint density at radius 2 is 1.88 bits per heavy atom. The summed E-state index contributed by atoms with van der Waals surface area (Å²) < 4.78 is 44.9. The molecular formula is C30H31ClFN5O3S. The normalized spacial score (nSPS) is 18.0. The average molecular weight is 596 g/mol. The van der Waals surface area contributed by atoms with Gasteiger partial charge in [-0.2, -0.15) is 0 Å². The molecule has 3 aromatic carbocycles. The number of sulfonamides is 1. The number of halogens is 2. The second-order valence-corrected chi connectivity index (χ2v) is 13.0. The minimum atomic E-state index is -4.07. The summed E-state index contributed by atoms with van der Waals surface area (Å²) in [6, 6.07) is 11.4. The van der Waals surface area contributed by atoms with Crippen LogP contribution in [0, 0.1) is 12.7 Å². The standard InChI is InChI=1S/C30H31ClFN5O3S/c1-17-25(36-41(39,40)28-15-20(31)14-23-22(28)4-8-27(23)38)7-5-24(32)29(17)18-3-6-26-19(13-18)16-33-30(35-26)34-21-9-11-37(2)12-10-21/h3,5-7,13-16,21,27,36,38H,4,8-12H2,1-2H3,(H,33,34,35)/t27-/m0/s1. The smallest absolute Gasteiger partial charge is 0.262 e. The van der Waals surface area contributed by atoms with Crippen molar-refractivity contribution < 1.29 is 17.9 Å². The molecule has 2 aliphatic rings. The van der Waals surface area contributed by atoms with Gasteiger partial charge in [0.1, 0.15) is 5.82 Å². The number of benzene rings is 3. The van der Waals surface area contributed by atoms with Crippen LogP contribution in [-0.4, -0.2) is 54.6 Å². The van der Waals surface area contributed by atoms with E-state index in [2.05, 4.69) is 32.0 Å². The van der Waals surface area contributed by atoms with E-state index in [0.29, 0.717) is 47.1 Å². The number of nitrogens with zero attached hydrogens (tertiary/aromatic N) is 3. The number of aliphatic hydroxyl groups is 1. The van der Waals surface area contributed by atoms with Gasteiger partial charge < -0.3 is 15.3 Å². The number of fused-ring (bicyclic) bond motifs is 2. The zero-order valence-corrected chi connectivity index (χ0v) is 24.4. The fourth-order valence-corrected chi connectivity index (χ4v) is 7.55. The molecule has 0 amide bonds. The van der Waals surface area contributed by atoms with E-state index in [1.54, 1.807) is 25.3 Å². The van der Waals surface area contributed by atoms with Gasteiger partial charge in [-0.1, -0.05) is 17.7 Å². The van der Waals surface area contributed by atoms with E-state index in [1.807, 2.05) is 12.1 Å². The predicted molar refractivity (Wildman–Crippen MR) is 159 cm³/mol. The highest BCUT2D eigenvalue weighted by atomic mass is 35.5. The lowest BCUT2D eigenvalue weighted by Crippen LogP contribution is -2.37. The van der Waals surface area contributed by atoms with Crippen LogP contribution in [0.15, 0.2) is 53.6 Å². The van der Waals surface area contributed by atoms with Gasteiger partial charge in [-0.05, 0) is 111 Å². The topological polar surface area (TPSA) is 107 Å². The van der Waals surface area contributed by atoms with Crippen LogP contribution in [0.3, 0.4) is 0 Å². The third-order valence-corrected chi connectivity index (χ3v) is 9.75. The maximum absolute atomic E-state index is 15.2. The first kappa shape index (κ1) is 27.8. The molecule has 41 heavy (non-hydrogen) atoms. The van der Waals surface area contributed by atoms with Crippen molar-refractivity contribution in [3.05, 3.63) is 76.2 Å². The van der Waals surface area contributed by atoms with Crippen molar-refractivity contribution in [2.45, 2.75) is 49.6 Å². The third-order valence-electron chi connectivity index (χ3n) is 8.10. The zero-order chi connectivity index (χ0) is 28.9. The Balaban J connectivity index is 1.29. The highest BCUT2D eigenvalue weighted by Crippen LogP contribution is 2.39. The number of likely N-dealkylation sites (tertiary alicyclic amines) is 1. The van der Waals surface area contributed by atoms with Gasteiger partial charge in [0, 0.05) is 28.2 Å². The molecule has 0 radical (unpaired) electrons. The summed E-state index contributed by atoms with van der Waals surface area (Å²) in [7, 11) is -1.95. The number of rotatable bonds is 6. The van der Waals surface area contributed by atoms with Crippen LogP contribution in [0.5, 0.6) is 0 Å². The average Bonchev–Trinajstić information content (AvgIpc) is 3.31. The molecule has 3 N–H and O–H groups in total. The first-order valence-electron chi connectivity index (χ1n) is 13.6. The number of aliphatic hydroxyl groups excluding tert-OH is 1. The minimum absolute atomic E-state index is 0.0225. The van der Waals surface area contributed by atoms with E-state index >= 15 is 4.39 Å². The molecule has 0 unspecified atom stereocenters. The molecule has 0 bridgehead atoms. The van der Waals surface area contributed by atoms with Crippen molar-refractivity contribution >= 4 is 44.2 Å². The molecule has 214 valence electrons. The SMILES string of the molecule is Cc1c(NS(=O)(=O)c2cc(Cl)cc3c2CC[C@@H]3O)ccc(F)c1-c1ccc2nc(NC3CCN(C)CC3)ncc2c1. The maximum Gasteiger partial charge on any atom is 0.262 e. The van der Waals surface area contributed by atoms with Gasteiger partial charge in [-0.15, -0.1) is 0 Å². The number of hydrogen-bond donors (Lipinski definition) is 3. The van der Waals surface area contributed by atoms with Crippen LogP contribution in [0.1, 0.15) is 42.1 Å². The highest BCUT2D eigenvalue weighted by Gasteiger charge is 2.30. The lowest BCUT2D eigenvalue weighted by Gasteiger charge is -2.29. The van der Waals surface area contributed by atoms with Gasteiger partial charge in [0.15, 0.2) is 0 Å². The Bertz CT molecular complexity index is 1760. The summed E-state index contributed by atoms with van der Waals surface area (Å²) in [6.07, 6.45) is 3.87. The Morgan fingerprint density at radius 3 is 2.66 bits per heavy atom. The molecule has 0 spiro atoms. The first-order chi connectivity index (χ1) is 19.6. The molecular weight excluding hydrogens is 565 g/mol. The van der Waals surface area contributed by atoms with Crippen LogP contribution < -0.4 is 10.0 Å². The number of anilines is 2. The molecule has 2 heterocycles. The summed E-state index contributed by atoms with van der Waals surface area (Å²) in [5.74, 6) is 0.0941. The van der Waals surface area contributed by atoms with Gasteiger partial charge >= 0.3 is 0 Å². The van der Waals surface area contributed by atoms with Crippen molar-refractivity contribution in [2.24, 2.45) is 0 Å². The molecule has 1 aliphatic heterocycles. The Kier molecular flexibility index (Phi) is 7.35. The second kappa shape index (κ2) is 10.8. The number of hydrogen-bond acceptors (Lipinski definition) is 7. The van der Waals surface area contributed by atoms with Gasteiger partial charge in [0.05, 0.1) is 22.2 Å². The maximum atomic E-state index is 15.2. The van der Waals surface area contributed by atoms with Crippen molar-refractivity contribution in [1.82, 2.24) is 14.9 Å². The van der Waals surface area contributed by atoms with E-state index in [9.17, 15) is 13.5 Å². The van der Waals surface area contributed by atoms with Gasteiger partial charge in [-0.3, -0.25) is 4.72 Å². The number of piperidine rings is 1. The predicted octanol–water partition coefficient (Wildman–Crippen LogP) is 5.68. The van der Waals surface area contributed by atoms with Crippen molar-refractivity contribution in [3.63, 3.8) is 0 Å². The largest absolute Gasteiger partial charge is 0.388 e. The van der Waals surface area contributed by atoms with Crippen LogP contribution in [0.2, 0.25) is 5.02 Å². The number of nitrogens with one attached hydrogen (secondary N) is 2. The molecule has 11 heteroatoms. The molecule has 8 nitrogen and oxygen atoms in total. The Labute approximate surface area is 243 Å². The molecule has 1 aliphatic carbocycles. The fourth-order valence-electron chi connectivity index (χ4n) is 5.81. The van der Waals surface area contributed by atoms with Crippen molar-refractivity contribution in [1.29, 1.82) is 0 Å². The summed E-state index contributed by atoms with van der Waals surface area (Å²) in [4.78, 5) is 11.5. The molecule has 4 aromatic rings. The highest BCUT2D eigenvalue weighted by molar-refractivity contribution is 7.92. The summed E-state index contributed by atoms with van der Waals surface area (Å²) in [5, 5.41) is 14.7. The quantitative estimate of drug-likeness (QED) is 0.263. The molecule has 1 saturated heterocycles. The van der Waals surface area contributed by atoms with Gasteiger partial charge in [-0.25, -0.2) is 22.8 Å². The summed E-state index contributed by atoms with van der Waals surface area (Å²) in [5.41, 5.74) is 3.36. The lowest BCUT2D eigenvalue weighted by molar-refractivity contribution is 0.180. The van der Waals surface area contributed by atoms with Crippen LogP contribution in [0.4, 0.5) is 16.0 Å². The van der Waals surface area contributed by atoms with Gasteiger partial charge in [0.25, 0.3) is 10.0 Å². The summed E-state index contributed by atoms with van der Waals surface area (Å²) >= 11 is 6.20. The van der Waals surface area contributed by atoms with Crippen LogP contribution in [-0.2, 0) is 16.4 Å². The van der Waals surface area contributed by atoms with Gasteiger partial charge in [0.2, 0.25) is 5.95 Å². The second-order valence-electron chi connectivity index (χ2n) is 10.9. The molecule has 1 atom stereocenters. The third kappa shape index (κ3) is 5.49. The first-order valence-corrected chi connectivity index (χ1v) is 15.5. The molecule has 6 rings (SSSR count). The minimum Gasteiger partial charge on any atom is -0.388 e. The summed E-state index contributed by atoms with van der Waals surface area (Å²) in [6.45, 7) is 3.73. The van der Waals surface area contributed by atoms with E-state index in [4.69, 9.17) is 11.6 Å². The van der Waals surface area contributed by atoms with E-state index in [0.717, 1.165) is 36.8 Å². The van der Waals surface area contributed by atoms with Crippen molar-refractivity contribution in [2.75, 3.05) is 30.2 Å². The van der Waals surface area contributed by atoms with Crippen LogP contribution in [0.25, 0.3) is 22.0 Å². The van der Waals surface area contributed by atoms with E-state index < -0.39 is 21.9 Å². The van der Waals surface area contributed by atoms with Crippen molar-refractivity contribution in [3.8, 4) is 11.1 Å². The molecule has 1 fully saturated rings. The zero-order valence-electron chi connectivity index (χ0n) is 22.8. The Morgan fingerprint density at radius 1 is 1.10 bits per heavy atom. The Hall–Kier alpha value is -3.31. The monoisotopic (exact) mass is 595 g/mol. The van der Waals surface area contributed by atoms with Crippen LogP contribution >= 0.6 is 11.6 Å². The number of aromatic nitrogens is 2. The van der Waals surface area contributed by atoms with E-state index in [-0.39, 0.29) is 21.2 Å². The van der Waals surface area contributed by atoms with E-state index in [1.165, 1.54) is 18.2 Å². The molecule has 0 saturated carbocycles. The molecule has 1 aromatic heterocycles.